The molecular weight excluding hydrogens is 271 g/mol. The fourth-order valence-corrected chi connectivity index (χ4v) is 1.87. The lowest BCUT2D eigenvalue weighted by Crippen LogP contribution is -2.25. The van der Waals surface area contributed by atoms with Gasteiger partial charge in [-0.05, 0) is 36.6 Å². The van der Waals surface area contributed by atoms with Crippen LogP contribution in [0.4, 0.5) is 13.2 Å². The van der Waals surface area contributed by atoms with Crippen molar-refractivity contribution in [3.63, 3.8) is 0 Å². The van der Waals surface area contributed by atoms with E-state index in [0.717, 1.165) is 18.7 Å². The van der Waals surface area contributed by atoms with Gasteiger partial charge < -0.3 is 14.8 Å². The van der Waals surface area contributed by atoms with Crippen LogP contribution in [0, 0.1) is 5.92 Å². The first-order chi connectivity index (χ1) is 9.40. The van der Waals surface area contributed by atoms with Crippen molar-refractivity contribution in [1.29, 1.82) is 0 Å². The molecule has 0 bridgehead atoms. The Balaban J connectivity index is 2.45. The van der Waals surface area contributed by atoms with Crippen molar-refractivity contribution in [1.82, 2.24) is 5.32 Å². The van der Waals surface area contributed by atoms with E-state index >= 15 is 0 Å². The lowest BCUT2D eigenvalue weighted by Gasteiger charge is -2.14. The van der Waals surface area contributed by atoms with Crippen molar-refractivity contribution in [2.75, 3.05) is 26.8 Å². The molecule has 1 aromatic rings. The fourth-order valence-electron chi connectivity index (χ4n) is 1.87. The third-order valence-corrected chi connectivity index (χ3v) is 2.69. The molecule has 0 aliphatic heterocycles. The fraction of sp³-hybridized carbons (Fsp3) is 0.571. The summed E-state index contributed by atoms with van der Waals surface area (Å²) in [4.78, 5) is 0. The number of halogens is 3. The minimum Gasteiger partial charge on any atom is -0.406 e. The molecule has 0 fully saturated rings. The highest BCUT2D eigenvalue weighted by atomic mass is 19.4. The zero-order valence-electron chi connectivity index (χ0n) is 11.7. The zero-order chi connectivity index (χ0) is 15.0. The summed E-state index contributed by atoms with van der Waals surface area (Å²) in [7, 11) is 1.64. The molecule has 0 amide bonds. The molecule has 0 saturated heterocycles. The van der Waals surface area contributed by atoms with Crippen LogP contribution in [0.2, 0.25) is 0 Å². The molecule has 1 rings (SSSR count). The summed E-state index contributed by atoms with van der Waals surface area (Å²) in [6.07, 6.45) is -3.96. The monoisotopic (exact) mass is 291 g/mol. The van der Waals surface area contributed by atoms with Crippen LogP contribution in [0.1, 0.15) is 12.5 Å². The van der Waals surface area contributed by atoms with Crippen molar-refractivity contribution in [2.45, 2.75) is 19.7 Å². The maximum atomic E-state index is 12.1. The van der Waals surface area contributed by atoms with Crippen LogP contribution in [0.15, 0.2) is 24.3 Å². The summed E-state index contributed by atoms with van der Waals surface area (Å²) >= 11 is 0. The van der Waals surface area contributed by atoms with E-state index in [1.165, 1.54) is 12.1 Å². The minimum atomic E-state index is -4.65. The van der Waals surface area contributed by atoms with Gasteiger partial charge in [-0.15, -0.1) is 13.2 Å². The summed E-state index contributed by atoms with van der Waals surface area (Å²) in [6, 6.07) is 6.11. The molecule has 1 unspecified atom stereocenters. The van der Waals surface area contributed by atoms with E-state index in [9.17, 15) is 13.2 Å². The van der Waals surface area contributed by atoms with Gasteiger partial charge in [0.15, 0.2) is 0 Å². The van der Waals surface area contributed by atoms with Crippen LogP contribution in [-0.2, 0) is 11.2 Å². The Kier molecular flexibility index (Phi) is 6.81. The summed E-state index contributed by atoms with van der Waals surface area (Å²) in [6.45, 7) is 4.23. The smallest absolute Gasteiger partial charge is 0.406 e. The summed E-state index contributed by atoms with van der Waals surface area (Å²) in [5, 5.41) is 3.22. The highest BCUT2D eigenvalue weighted by Crippen LogP contribution is 2.24. The molecule has 1 atom stereocenters. The second kappa shape index (κ2) is 8.11. The molecule has 20 heavy (non-hydrogen) atoms. The highest BCUT2D eigenvalue weighted by molar-refractivity contribution is 5.28. The van der Waals surface area contributed by atoms with Crippen LogP contribution in [0.25, 0.3) is 0 Å². The van der Waals surface area contributed by atoms with Crippen LogP contribution in [0.3, 0.4) is 0 Å². The lowest BCUT2D eigenvalue weighted by molar-refractivity contribution is -0.274. The zero-order valence-corrected chi connectivity index (χ0v) is 11.7. The molecule has 6 heteroatoms. The predicted molar refractivity (Wildman–Crippen MR) is 70.7 cm³/mol. The van der Waals surface area contributed by atoms with Gasteiger partial charge in [-0.2, -0.15) is 0 Å². The second-order valence-electron chi connectivity index (χ2n) is 4.70. The molecule has 0 aliphatic carbocycles. The van der Waals surface area contributed by atoms with Gasteiger partial charge >= 0.3 is 6.36 Å². The quantitative estimate of drug-likeness (QED) is 0.747. The van der Waals surface area contributed by atoms with Crippen LogP contribution in [0.5, 0.6) is 5.75 Å². The summed E-state index contributed by atoms with van der Waals surface area (Å²) in [5.41, 5.74) is 0.827. The largest absolute Gasteiger partial charge is 0.573 e. The Morgan fingerprint density at radius 1 is 1.30 bits per heavy atom. The minimum absolute atomic E-state index is 0.172. The molecule has 3 nitrogen and oxygen atoms in total. The number of benzene rings is 1. The maximum absolute atomic E-state index is 12.1. The van der Waals surface area contributed by atoms with Gasteiger partial charge in [0.1, 0.15) is 5.75 Å². The predicted octanol–water partition coefficient (Wildman–Crippen LogP) is 3.00. The van der Waals surface area contributed by atoms with Crippen LogP contribution >= 0.6 is 0 Å². The van der Waals surface area contributed by atoms with Crippen LogP contribution in [-0.4, -0.2) is 33.2 Å². The van der Waals surface area contributed by atoms with Gasteiger partial charge in [0.05, 0.1) is 6.61 Å². The van der Waals surface area contributed by atoms with Crippen LogP contribution < -0.4 is 10.1 Å². The van der Waals surface area contributed by atoms with E-state index in [2.05, 4.69) is 10.1 Å². The molecule has 0 radical (unpaired) electrons. The lowest BCUT2D eigenvalue weighted by atomic mass is 10.0. The van der Waals surface area contributed by atoms with Gasteiger partial charge in [-0.1, -0.05) is 19.1 Å². The third-order valence-electron chi connectivity index (χ3n) is 2.69. The number of hydrogen-bond donors (Lipinski definition) is 1. The Morgan fingerprint density at radius 2 is 2.05 bits per heavy atom. The third kappa shape index (κ3) is 7.35. The SMILES string of the molecule is COCCNCC(C)Cc1cccc(OC(F)(F)F)c1. The molecule has 0 aliphatic rings. The highest BCUT2D eigenvalue weighted by Gasteiger charge is 2.31. The molecule has 0 heterocycles. The Hall–Kier alpha value is -1.27. The Bertz CT molecular complexity index is 396. The molecule has 0 spiro atoms. The molecule has 0 saturated carbocycles. The van der Waals surface area contributed by atoms with Crippen molar-refractivity contribution in [3.8, 4) is 5.75 Å². The number of hydrogen-bond acceptors (Lipinski definition) is 3. The average molecular weight is 291 g/mol. The van der Waals surface area contributed by atoms with Gasteiger partial charge in [-0.3, -0.25) is 0 Å². The molecule has 1 N–H and O–H groups in total. The standard InChI is InChI=1S/C14H20F3NO2/c1-11(10-18-6-7-19-2)8-12-4-3-5-13(9-12)20-14(15,16)17/h3-5,9,11,18H,6-8,10H2,1-2H3. The number of alkyl halides is 3. The first kappa shape index (κ1) is 16.8. The van der Waals surface area contributed by atoms with E-state index < -0.39 is 6.36 Å². The van der Waals surface area contributed by atoms with E-state index in [0.29, 0.717) is 18.9 Å². The molecule has 0 aromatic heterocycles. The van der Waals surface area contributed by atoms with Crippen molar-refractivity contribution in [2.24, 2.45) is 5.92 Å². The van der Waals surface area contributed by atoms with Crippen molar-refractivity contribution < 1.29 is 22.6 Å². The number of nitrogens with one attached hydrogen (secondary N) is 1. The summed E-state index contributed by atoms with van der Waals surface area (Å²) < 4.78 is 45.2. The number of ether oxygens (including phenoxy) is 2. The normalized spacial score (nSPS) is 13.2. The summed E-state index contributed by atoms with van der Waals surface area (Å²) in [5.74, 6) is 0.141. The maximum Gasteiger partial charge on any atom is 0.573 e. The first-order valence-corrected chi connectivity index (χ1v) is 6.45. The number of methoxy groups -OCH3 is 1. The Labute approximate surface area is 117 Å². The van der Waals surface area contributed by atoms with Gasteiger partial charge in [0, 0.05) is 13.7 Å². The first-order valence-electron chi connectivity index (χ1n) is 6.45. The van der Waals surface area contributed by atoms with Gasteiger partial charge in [-0.25, -0.2) is 0 Å². The average Bonchev–Trinajstić information content (AvgIpc) is 2.33. The second-order valence-corrected chi connectivity index (χ2v) is 4.70. The van der Waals surface area contributed by atoms with Gasteiger partial charge in [0.25, 0.3) is 0 Å². The number of rotatable bonds is 8. The van der Waals surface area contributed by atoms with E-state index in [1.807, 2.05) is 6.92 Å². The Morgan fingerprint density at radius 3 is 2.70 bits per heavy atom. The molecular formula is C14H20F3NO2. The van der Waals surface area contributed by atoms with E-state index in [1.54, 1.807) is 19.2 Å². The van der Waals surface area contributed by atoms with E-state index in [4.69, 9.17) is 4.74 Å². The van der Waals surface area contributed by atoms with Gasteiger partial charge in [0.2, 0.25) is 0 Å². The molecule has 1 aromatic carbocycles. The topological polar surface area (TPSA) is 30.5 Å². The van der Waals surface area contributed by atoms with E-state index in [-0.39, 0.29) is 5.75 Å². The molecule has 114 valence electrons. The van der Waals surface area contributed by atoms with Crippen molar-refractivity contribution in [3.05, 3.63) is 29.8 Å². The van der Waals surface area contributed by atoms with Crippen molar-refractivity contribution >= 4 is 0 Å².